The van der Waals surface area contributed by atoms with E-state index in [-0.39, 0.29) is 5.91 Å². The number of amides is 1. The molecule has 2 atom stereocenters. The van der Waals surface area contributed by atoms with Gasteiger partial charge in [-0.2, -0.15) is 11.8 Å². The Labute approximate surface area is 103 Å². The molecule has 0 saturated heterocycles. The highest BCUT2D eigenvalue weighted by Crippen LogP contribution is 2.28. The predicted octanol–water partition coefficient (Wildman–Crippen LogP) is 1.77. The van der Waals surface area contributed by atoms with Crippen molar-refractivity contribution in [1.29, 1.82) is 0 Å². The lowest BCUT2D eigenvalue weighted by Crippen LogP contribution is -2.54. The van der Waals surface area contributed by atoms with E-state index in [1.165, 1.54) is 6.42 Å². The van der Waals surface area contributed by atoms with E-state index < -0.39 is 5.54 Å². The zero-order valence-electron chi connectivity index (χ0n) is 10.8. The quantitative estimate of drug-likeness (QED) is 0.774. The molecule has 0 aromatic carbocycles. The molecule has 1 fully saturated rings. The van der Waals surface area contributed by atoms with E-state index in [0.29, 0.717) is 6.04 Å². The molecule has 1 aliphatic rings. The lowest BCUT2D eigenvalue weighted by atomic mass is 10.0. The first-order valence-corrected chi connectivity index (χ1v) is 7.37. The van der Waals surface area contributed by atoms with E-state index >= 15 is 0 Å². The Balaban J connectivity index is 2.40. The summed E-state index contributed by atoms with van der Waals surface area (Å²) in [6, 6.07) is 0.378. The first kappa shape index (κ1) is 13.8. The van der Waals surface area contributed by atoms with Gasteiger partial charge in [-0.15, -0.1) is 0 Å². The van der Waals surface area contributed by atoms with Crippen LogP contribution in [0.3, 0.4) is 0 Å². The van der Waals surface area contributed by atoms with Crippen LogP contribution in [-0.4, -0.2) is 35.5 Å². The van der Waals surface area contributed by atoms with Gasteiger partial charge in [0.2, 0.25) is 5.91 Å². The molecular formula is C12H24N2OS. The molecule has 0 aliphatic heterocycles. The molecule has 1 aliphatic carbocycles. The Kier molecular flexibility index (Phi) is 5.12. The molecule has 0 spiro atoms. The van der Waals surface area contributed by atoms with E-state index in [2.05, 4.69) is 16.9 Å². The van der Waals surface area contributed by atoms with Crippen LogP contribution in [0.25, 0.3) is 0 Å². The first-order valence-electron chi connectivity index (χ1n) is 6.08. The first-order chi connectivity index (χ1) is 7.49. The minimum absolute atomic E-state index is 0.126. The fourth-order valence-corrected chi connectivity index (χ4v) is 2.97. The van der Waals surface area contributed by atoms with Gasteiger partial charge in [-0.05, 0) is 45.9 Å². The Morgan fingerprint density at radius 1 is 1.44 bits per heavy atom. The van der Waals surface area contributed by atoms with Crippen molar-refractivity contribution in [2.75, 3.05) is 12.8 Å². The average Bonchev–Trinajstić information content (AvgIpc) is 2.65. The van der Waals surface area contributed by atoms with E-state index in [9.17, 15) is 4.79 Å². The number of likely N-dealkylation sites (N-methyl/N-ethyl adjacent to an activating group) is 1. The van der Waals surface area contributed by atoms with Crippen molar-refractivity contribution in [3.63, 3.8) is 0 Å². The SMILES string of the molecule is CCNC(C)(C)C(=O)NC1CCC(SC)C1. The summed E-state index contributed by atoms with van der Waals surface area (Å²) in [5.41, 5.74) is -0.452. The molecule has 0 bridgehead atoms. The molecule has 2 unspecified atom stereocenters. The molecule has 2 N–H and O–H groups in total. The maximum atomic E-state index is 12.0. The van der Waals surface area contributed by atoms with E-state index in [1.54, 1.807) is 0 Å². The van der Waals surface area contributed by atoms with Crippen molar-refractivity contribution in [2.24, 2.45) is 0 Å². The Hall–Kier alpha value is -0.220. The fourth-order valence-electron chi connectivity index (χ4n) is 2.17. The van der Waals surface area contributed by atoms with Crippen LogP contribution in [0.2, 0.25) is 0 Å². The second kappa shape index (κ2) is 5.92. The van der Waals surface area contributed by atoms with Crippen LogP contribution in [0.15, 0.2) is 0 Å². The highest BCUT2D eigenvalue weighted by Gasteiger charge is 2.31. The number of hydrogen-bond acceptors (Lipinski definition) is 3. The smallest absolute Gasteiger partial charge is 0.239 e. The van der Waals surface area contributed by atoms with Gasteiger partial charge in [-0.3, -0.25) is 4.79 Å². The highest BCUT2D eigenvalue weighted by molar-refractivity contribution is 7.99. The minimum atomic E-state index is -0.452. The van der Waals surface area contributed by atoms with Gasteiger partial charge < -0.3 is 10.6 Å². The second-order valence-electron chi connectivity index (χ2n) is 5.00. The monoisotopic (exact) mass is 244 g/mol. The molecule has 1 rings (SSSR count). The summed E-state index contributed by atoms with van der Waals surface area (Å²) >= 11 is 1.91. The molecule has 1 saturated carbocycles. The van der Waals surface area contributed by atoms with Crippen LogP contribution < -0.4 is 10.6 Å². The molecule has 0 aromatic rings. The maximum absolute atomic E-state index is 12.0. The molecule has 94 valence electrons. The lowest BCUT2D eigenvalue weighted by Gasteiger charge is -2.26. The molecular weight excluding hydrogens is 220 g/mol. The van der Waals surface area contributed by atoms with Crippen LogP contribution in [-0.2, 0) is 4.79 Å². The molecule has 0 aromatic heterocycles. The average molecular weight is 244 g/mol. The number of carbonyl (C=O) groups is 1. The van der Waals surface area contributed by atoms with Gasteiger partial charge in [0.25, 0.3) is 0 Å². The van der Waals surface area contributed by atoms with Crippen LogP contribution in [0.5, 0.6) is 0 Å². The third-order valence-corrected chi connectivity index (χ3v) is 4.33. The van der Waals surface area contributed by atoms with Gasteiger partial charge in [-0.1, -0.05) is 6.92 Å². The summed E-state index contributed by atoms with van der Waals surface area (Å²) in [7, 11) is 0. The van der Waals surface area contributed by atoms with E-state index in [0.717, 1.165) is 24.6 Å². The van der Waals surface area contributed by atoms with Crippen molar-refractivity contribution in [1.82, 2.24) is 10.6 Å². The molecule has 16 heavy (non-hydrogen) atoms. The van der Waals surface area contributed by atoms with Gasteiger partial charge in [0, 0.05) is 11.3 Å². The Morgan fingerprint density at radius 2 is 2.12 bits per heavy atom. The van der Waals surface area contributed by atoms with E-state index in [1.807, 2.05) is 32.5 Å². The molecule has 1 amide bonds. The Morgan fingerprint density at radius 3 is 2.62 bits per heavy atom. The molecule has 4 heteroatoms. The largest absolute Gasteiger partial charge is 0.352 e. The maximum Gasteiger partial charge on any atom is 0.239 e. The summed E-state index contributed by atoms with van der Waals surface area (Å²) in [5, 5.41) is 7.09. The van der Waals surface area contributed by atoms with Crippen molar-refractivity contribution >= 4 is 17.7 Å². The van der Waals surface area contributed by atoms with Crippen LogP contribution in [0.1, 0.15) is 40.0 Å². The minimum Gasteiger partial charge on any atom is -0.352 e. The number of hydrogen-bond donors (Lipinski definition) is 2. The predicted molar refractivity (Wildman–Crippen MR) is 70.8 cm³/mol. The summed E-state index contributed by atoms with van der Waals surface area (Å²) < 4.78 is 0. The van der Waals surface area contributed by atoms with Crippen molar-refractivity contribution in [2.45, 2.75) is 56.9 Å². The zero-order valence-corrected chi connectivity index (χ0v) is 11.6. The molecule has 3 nitrogen and oxygen atoms in total. The lowest BCUT2D eigenvalue weighted by molar-refractivity contribution is -0.127. The van der Waals surface area contributed by atoms with Gasteiger partial charge >= 0.3 is 0 Å². The standard InChI is InChI=1S/C12H24N2OS/c1-5-13-12(2,3)11(15)14-9-6-7-10(8-9)16-4/h9-10,13H,5-8H2,1-4H3,(H,14,15). The number of thioether (sulfide) groups is 1. The molecule has 0 radical (unpaired) electrons. The van der Waals surface area contributed by atoms with Crippen LogP contribution in [0.4, 0.5) is 0 Å². The fraction of sp³-hybridized carbons (Fsp3) is 0.917. The van der Waals surface area contributed by atoms with Gasteiger partial charge in [0.05, 0.1) is 5.54 Å². The normalized spacial score (nSPS) is 25.8. The second-order valence-corrected chi connectivity index (χ2v) is 6.13. The van der Waals surface area contributed by atoms with Crippen molar-refractivity contribution < 1.29 is 4.79 Å². The number of carbonyl (C=O) groups excluding carboxylic acids is 1. The summed E-state index contributed by atoms with van der Waals surface area (Å²) in [5.74, 6) is 0.126. The van der Waals surface area contributed by atoms with Crippen molar-refractivity contribution in [3.05, 3.63) is 0 Å². The topological polar surface area (TPSA) is 41.1 Å². The Bertz CT molecular complexity index is 243. The van der Waals surface area contributed by atoms with Gasteiger partial charge in [0.1, 0.15) is 0 Å². The summed E-state index contributed by atoms with van der Waals surface area (Å²) in [6.45, 7) is 6.71. The third-order valence-electron chi connectivity index (χ3n) is 3.24. The molecule has 0 heterocycles. The number of nitrogens with one attached hydrogen (secondary N) is 2. The van der Waals surface area contributed by atoms with Gasteiger partial charge in [-0.25, -0.2) is 0 Å². The van der Waals surface area contributed by atoms with E-state index in [4.69, 9.17) is 0 Å². The van der Waals surface area contributed by atoms with Crippen molar-refractivity contribution in [3.8, 4) is 0 Å². The van der Waals surface area contributed by atoms with Crippen LogP contribution >= 0.6 is 11.8 Å². The highest BCUT2D eigenvalue weighted by atomic mass is 32.2. The third kappa shape index (κ3) is 3.67. The summed E-state index contributed by atoms with van der Waals surface area (Å²) in [6.07, 6.45) is 5.62. The van der Waals surface area contributed by atoms with Crippen LogP contribution in [0, 0.1) is 0 Å². The number of rotatable bonds is 5. The van der Waals surface area contributed by atoms with Gasteiger partial charge in [0.15, 0.2) is 0 Å². The zero-order chi connectivity index (χ0) is 12.2. The summed E-state index contributed by atoms with van der Waals surface area (Å²) in [4.78, 5) is 12.0.